The zero-order valence-electron chi connectivity index (χ0n) is 12.8. The zero-order valence-corrected chi connectivity index (χ0v) is 14.5. The standard InChI is InChI=1S/C13H15N7OS2/c1-13(2,3)20-12(15-18-19-20)22-7-10(21)14-8-5-4-6-9-11(8)17-23-16-9/h4-6H,7H2,1-3H3,(H,14,21). The number of rotatable bonds is 4. The largest absolute Gasteiger partial charge is 0.323 e. The van der Waals surface area contributed by atoms with Gasteiger partial charge in [-0.05, 0) is 43.3 Å². The molecule has 23 heavy (non-hydrogen) atoms. The van der Waals surface area contributed by atoms with Gasteiger partial charge in [-0.1, -0.05) is 17.8 Å². The molecule has 0 bridgehead atoms. The number of amides is 1. The number of hydrogen-bond acceptors (Lipinski definition) is 8. The summed E-state index contributed by atoms with van der Waals surface area (Å²) in [5, 5.41) is 15.1. The van der Waals surface area contributed by atoms with Crippen molar-refractivity contribution in [3.8, 4) is 0 Å². The van der Waals surface area contributed by atoms with Crippen LogP contribution >= 0.6 is 23.5 Å². The summed E-state index contributed by atoms with van der Waals surface area (Å²) in [4.78, 5) is 12.2. The van der Waals surface area contributed by atoms with E-state index in [1.165, 1.54) is 11.8 Å². The molecule has 0 aliphatic rings. The van der Waals surface area contributed by atoms with Crippen molar-refractivity contribution in [1.82, 2.24) is 29.0 Å². The molecule has 3 aromatic rings. The van der Waals surface area contributed by atoms with Crippen molar-refractivity contribution in [3.05, 3.63) is 18.2 Å². The maximum Gasteiger partial charge on any atom is 0.234 e. The van der Waals surface area contributed by atoms with Gasteiger partial charge in [-0.15, -0.1) is 5.10 Å². The number of hydrogen-bond donors (Lipinski definition) is 1. The van der Waals surface area contributed by atoms with Gasteiger partial charge in [0.2, 0.25) is 11.1 Å². The first-order chi connectivity index (χ1) is 10.9. The van der Waals surface area contributed by atoms with Crippen LogP contribution in [-0.4, -0.2) is 40.6 Å². The van der Waals surface area contributed by atoms with Crippen molar-refractivity contribution in [2.75, 3.05) is 11.1 Å². The number of tetrazole rings is 1. The van der Waals surface area contributed by atoms with Gasteiger partial charge in [0.05, 0.1) is 28.7 Å². The molecule has 0 spiro atoms. The van der Waals surface area contributed by atoms with E-state index in [0.29, 0.717) is 16.4 Å². The summed E-state index contributed by atoms with van der Waals surface area (Å²) < 4.78 is 10.1. The van der Waals surface area contributed by atoms with E-state index in [9.17, 15) is 4.79 Å². The Hall–Kier alpha value is -2.07. The maximum absolute atomic E-state index is 12.2. The van der Waals surface area contributed by atoms with Gasteiger partial charge in [0.15, 0.2) is 0 Å². The quantitative estimate of drug-likeness (QED) is 0.721. The number of nitrogens with one attached hydrogen (secondary N) is 1. The van der Waals surface area contributed by atoms with Crippen LogP contribution in [0.4, 0.5) is 5.69 Å². The molecule has 3 rings (SSSR count). The first kappa shape index (κ1) is 15.8. The molecule has 2 aromatic heterocycles. The summed E-state index contributed by atoms with van der Waals surface area (Å²) in [6.45, 7) is 6.01. The van der Waals surface area contributed by atoms with E-state index in [1.54, 1.807) is 4.68 Å². The first-order valence-corrected chi connectivity index (χ1v) is 8.59. The fourth-order valence-corrected chi connectivity index (χ4v) is 3.32. The van der Waals surface area contributed by atoms with Gasteiger partial charge in [0.1, 0.15) is 11.0 Å². The topological polar surface area (TPSA) is 98.5 Å². The van der Waals surface area contributed by atoms with Crippen LogP contribution in [0.5, 0.6) is 0 Å². The molecule has 0 aliphatic heterocycles. The van der Waals surface area contributed by atoms with Gasteiger partial charge in [0.25, 0.3) is 0 Å². The number of aromatic nitrogens is 6. The third-order valence-corrected chi connectivity index (χ3v) is 4.43. The van der Waals surface area contributed by atoms with Crippen LogP contribution < -0.4 is 5.32 Å². The smallest absolute Gasteiger partial charge is 0.234 e. The molecule has 0 saturated heterocycles. The van der Waals surface area contributed by atoms with Crippen molar-refractivity contribution in [2.45, 2.75) is 31.5 Å². The Balaban J connectivity index is 1.67. The minimum atomic E-state index is -0.236. The lowest BCUT2D eigenvalue weighted by atomic mass is 10.1. The molecule has 1 aromatic carbocycles. The van der Waals surface area contributed by atoms with E-state index in [2.05, 4.69) is 29.6 Å². The Kier molecular flexibility index (Phi) is 4.26. The molecule has 8 nitrogen and oxygen atoms in total. The third-order valence-electron chi connectivity index (χ3n) is 2.97. The monoisotopic (exact) mass is 349 g/mol. The second-order valence-corrected chi connectivity index (χ2v) is 7.29. The van der Waals surface area contributed by atoms with Gasteiger partial charge < -0.3 is 5.32 Å². The van der Waals surface area contributed by atoms with Crippen LogP contribution in [0.3, 0.4) is 0 Å². The lowest BCUT2D eigenvalue weighted by molar-refractivity contribution is -0.113. The second-order valence-electron chi connectivity index (χ2n) is 5.82. The molecule has 120 valence electrons. The Labute approximate surface area is 141 Å². The SMILES string of the molecule is CC(C)(C)n1nnnc1SCC(=O)Nc1cccc2nsnc12. The highest BCUT2D eigenvalue weighted by Crippen LogP contribution is 2.23. The molecular weight excluding hydrogens is 334 g/mol. The molecule has 10 heteroatoms. The summed E-state index contributed by atoms with van der Waals surface area (Å²) in [7, 11) is 0. The molecule has 2 heterocycles. The van der Waals surface area contributed by atoms with E-state index in [1.807, 2.05) is 39.0 Å². The maximum atomic E-state index is 12.2. The zero-order chi connectivity index (χ0) is 16.4. The van der Waals surface area contributed by atoms with Crippen LogP contribution in [0.1, 0.15) is 20.8 Å². The summed E-state index contributed by atoms with van der Waals surface area (Å²) in [5.74, 6) is 0.0729. The molecule has 0 atom stereocenters. The fraction of sp³-hybridized carbons (Fsp3) is 0.385. The molecule has 0 aliphatic carbocycles. The normalized spacial score (nSPS) is 11.8. The highest BCUT2D eigenvalue weighted by atomic mass is 32.2. The predicted octanol–water partition coefficient (Wildman–Crippen LogP) is 2.16. The lowest BCUT2D eigenvalue weighted by Crippen LogP contribution is -2.24. The Morgan fingerprint density at radius 1 is 1.35 bits per heavy atom. The summed E-state index contributed by atoms with van der Waals surface area (Å²) in [6.07, 6.45) is 0. The minimum absolute atomic E-state index is 0.140. The number of nitrogens with zero attached hydrogens (tertiary/aromatic N) is 6. The van der Waals surface area contributed by atoms with E-state index < -0.39 is 0 Å². The highest BCUT2D eigenvalue weighted by Gasteiger charge is 2.20. The van der Waals surface area contributed by atoms with Gasteiger partial charge >= 0.3 is 0 Å². The molecule has 0 fully saturated rings. The predicted molar refractivity (Wildman–Crippen MR) is 89.6 cm³/mol. The van der Waals surface area contributed by atoms with E-state index in [0.717, 1.165) is 17.2 Å². The van der Waals surface area contributed by atoms with Crippen molar-refractivity contribution in [2.24, 2.45) is 0 Å². The van der Waals surface area contributed by atoms with Crippen LogP contribution in [-0.2, 0) is 10.3 Å². The fourth-order valence-electron chi connectivity index (χ4n) is 1.91. The third kappa shape index (κ3) is 3.48. The van der Waals surface area contributed by atoms with Crippen molar-refractivity contribution >= 4 is 46.1 Å². The molecule has 1 amide bonds. The lowest BCUT2D eigenvalue weighted by Gasteiger charge is -2.19. The van der Waals surface area contributed by atoms with E-state index >= 15 is 0 Å². The average Bonchev–Trinajstić information content (AvgIpc) is 3.14. The number of carbonyl (C=O) groups excluding carboxylic acids is 1. The summed E-state index contributed by atoms with van der Waals surface area (Å²) in [5.41, 5.74) is 1.91. The summed E-state index contributed by atoms with van der Waals surface area (Å²) >= 11 is 2.42. The Bertz CT molecular complexity index is 836. The van der Waals surface area contributed by atoms with Crippen LogP contribution in [0, 0.1) is 0 Å². The van der Waals surface area contributed by atoms with Crippen molar-refractivity contribution < 1.29 is 4.79 Å². The van der Waals surface area contributed by atoms with Gasteiger partial charge in [-0.2, -0.15) is 8.75 Å². The Morgan fingerprint density at radius 2 is 2.17 bits per heavy atom. The number of fused-ring (bicyclic) bond motifs is 1. The van der Waals surface area contributed by atoms with E-state index in [4.69, 9.17) is 0 Å². The van der Waals surface area contributed by atoms with Crippen LogP contribution in [0.15, 0.2) is 23.4 Å². The number of carbonyl (C=O) groups is 1. The first-order valence-electron chi connectivity index (χ1n) is 6.88. The molecule has 0 radical (unpaired) electrons. The summed E-state index contributed by atoms with van der Waals surface area (Å²) in [6, 6.07) is 5.51. The number of anilines is 1. The highest BCUT2D eigenvalue weighted by molar-refractivity contribution is 7.99. The van der Waals surface area contributed by atoms with Gasteiger partial charge in [-0.25, -0.2) is 4.68 Å². The minimum Gasteiger partial charge on any atom is -0.323 e. The van der Waals surface area contributed by atoms with Crippen LogP contribution in [0.25, 0.3) is 11.0 Å². The van der Waals surface area contributed by atoms with Crippen LogP contribution in [0.2, 0.25) is 0 Å². The van der Waals surface area contributed by atoms with E-state index in [-0.39, 0.29) is 17.2 Å². The molecule has 0 saturated carbocycles. The second kappa shape index (κ2) is 6.20. The molecule has 0 unspecified atom stereocenters. The average molecular weight is 349 g/mol. The molecular formula is C13H15N7OS2. The Morgan fingerprint density at radius 3 is 2.96 bits per heavy atom. The number of benzene rings is 1. The molecule has 1 N–H and O–H groups in total. The number of thioether (sulfide) groups is 1. The van der Waals surface area contributed by atoms with Crippen molar-refractivity contribution in [1.29, 1.82) is 0 Å². The van der Waals surface area contributed by atoms with Gasteiger partial charge in [-0.3, -0.25) is 4.79 Å². The van der Waals surface area contributed by atoms with Gasteiger partial charge in [0, 0.05) is 0 Å². The van der Waals surface area contributed by atoms with Crippen molar-refractivity contribution in [3.63, 3.8) is 0 Å².